The van der Waals surface area contributed by atoms with Gasteiger partial charge in [-0.25, -0.2) is 4.52 Å². The Bertz CT molecular complexity index is 475. The van der Waals surface area contributed by atoms with E-state index >= 15 is 0 Å². The van der Waals surface area contributed by atoms with Gasteiger partial charge in [0.05, 0.1) is 0 Å². The molecule has 0 aromatic carbocycles. The molecule has 0 spiro atoms. The van der Waals surface area contributed by atoms with Crippen LogP contribution >= 0.6 is 0 Å². The summed E-state index contributed by atoms with van der Waals surface area (Å²) in [5.74, 6) is 0.440. The van der Waals surface area contributed by atoms with Crippen LogP contribution in [-0.2, 0) is 0 Å². The zero-order valence-corrected chi connectivity index (χ0v) is 8.03. The fourth-order valence-corrected chi connectivity index (χ4v) is 1.45. The Morgan fingerprint density at radius 2 is 2.14 bits per heavy atom. The number of aromatic nitrogens is 3. The highest BCUT2D eigenvalue weighted by molar-refractivity contribution is 5.65. The topological polar surface area (TPSA) is 56.2 Å². The van der Waals surface area contributed by atoms with Crippen molar-refractivity contribution in [1.29, 1.82) is 0 Å². The number of fused-ring (bicyclic) bond motifs is 1. The molecule has 0 fully saturated rings. The second kappa shape index (κ2) is 2.94. The molecule has 4 nitrogen and oxygen atoms in total. The lowest BCUT2D eigenvalue weighted by Gasteiger charge is -2.05. The second-order valence-electron chi connectivity index (χ2n) is 3.48. The third kappa shape index (κ3) is 1.21. The van der Waals surface area contributed by atoms with E-state index in [1.165, 1.54) is 4.52 Å². The van der Waals surface area contributed by atoms with Crippen molar-refractivity contribution in [2.45, 2.75) is 19.8 Å². The van der Waals surface area contributed by atoms with Crippen LogP contribution in [0.25, 0.3) is 5.52 Å². The quantitative estimate of drug-likeness (QED) is 0.749. The largest absolute Gasteiger partial charge is 0.382 e. The van der Waals surface area contributed by atoms with Crippen LogP contribution in [0.3, 0.4) is 0 Å². The van der Waals surface area contributed by atoms with Gasteiger partial charge in [-0.05, 0) is 18.1 Å². The summed E-state index contributed by atoms with van der Waals surface area (Å²) in [4.78, 5) is 3.45. The van der Waals surface area contributed by atoms with E-state index in [1.54, 1.807) is 6.07 Å². The van der Waals surface area contributed by atoms with Gasteiger partial charge >= 0.3 is 6.08 Å². The van der Waals surface area contributed by atoms with Crippen LogP contribution in [0, 0.1) is 6.08 Å². The van der Waals surface area contributed by atoms with Gasteiger partial charge in [0.25, 0.3) is 0 Å². The summed E-state index contributed by atoms with van der Waals surface area (Å²) >= 11 is 0. The first-order valence-electron chi connectivity index (χ1n) is 4.40. The van der Waals surface area contributed by atoms with Crippen molar-refractivity contribution < 1.29 is 4.39 Å². The molecule has 74 valence electrons. The maximum Gasteiger partial charge on any atom is 0.327 e. The maximum atomic E-state index is 12.9. The first-order chi connectivity index (χ1) is 6.59. The van der Waals surface area contributed by atoms with E-state index in [0.29, 0.717) is 5.52 Å². The van der Waals surface area contributed by atoms with Crippen LogP contribution in [0.4, 0.5) is 10.2 Å². The van der Waals surface area contributed by atoms with Gasteiger partial charge in [-0.1, -0.05) is 13.8 Å². The summed E-state index contributed by atoms with van der Waals surface area (Å²) in [5, 5.41) is 3.68. The normalized spacial score (nSPS) is 11.4. The Hall–Kier alpha value is -1.65. The van der Waals surface area contributed by atoms with E-state index in [9.17, 15) is 4.39 Å². The molecule has 0 amide bonds. The van der Waals surface area contributed by atoms with Crippen LogP contribution in [0.15, 0.2) is 12.1 Å². The first kappa shape index (κ1) is 8.93. The van der Waals surface area contributed by atoms with Crippen molar-refractivity contribution in [3.05, 3.63) is 23.9 Å². The van der Waals surface area contributed by atoms with E-state index in [2.05, 4.69) is 10.1 Å². The molecule has 0 saturated carbocycles. The van der Waals surface area contributed by atoms with Gasteiger partial charge in [-0.3, -0.25) is 0 Å². The minimum atomic E-state index is -0.798. The molecule has 0 aliphatic heterocycles. The second-order valence-corrected chi connectivity index (χ2v) is 3.48. The predicted molar refractivity (Wildman–Crippen MR) is 51.4 cm³/mol. The molecule has 2 rings (SSSR count). The molecule has 0 unspecified atom stereocenters. The Labute approximate surface area is 80.6 Å². The number of hydrogen-bond donors (Lipinski definition) is 1. The molecule has 2 aromatic rings. The number of nitrogen functional groups attached to an aromatic ring is 1. The van der Waals surface area contributed by atoms with Crippen LogP contribution < -0.4 is 5.73 Å². The van der Waals surface area contributed by atoms with Gasteiger partial charge < -0.3 is 5.73 Å². The highest BCUT2D eigenvalue weighted by atomic mass is 19.1. The van der Waals surface area contributed by atoms with E-state index in [0.717, 1.165) is 5.69 Å². The molecule has 14 heavy (non-hydrogen) atoms. The average Bonchev–Trinajstić information content (AvgIpc) is 2.47. The van der Waals surface area contributed by atoms with Crippen LogP contribution in [0.1, 0.15) is 25.5 Å². The van der Waals surface area contributed by atoms with E-state index < -0.39 is 6.08 Å². The van der Waals surface area contributed by atoms with E-state index in [4.69, 9.17) is 5.73 Å². The van der Waals surface area contributed by atoms with Crippen LogP contribution in [0.5, 0.6) is 0 Å². The van der Waals surface area contributed by atoms with Gasteiger partial charge in [0, 0.05) is 5.69 Å². The lowest BCUT2D eigenvalue weighted by molar-refractivity contribution is 0.509. The van der Waals surface area contributed by atoms with E-state index in [-0.39, 0.29) is 11.7 Å². The van der Waals surface area contributed by atoms with Crippen molar-refractivity contribution in [2.75, 3.05) is 5.73 Å². The van der Waals surface area contributed by atoms with E-state index in [1.807, 2.05) is 19.9 Å². The van der Waals surface area contributed by atoms with Gasteiger partial charge in [0.15, 0.2) is 5.82 Å². The minimum Gasteiger partial charge on any atom is -0.382 e. The summed E-state index contributed by atoms with van der Waals surface area (Å²) in [6, 6.07) is 3.68. The smallest absolute Gasteiger partial charge is 0.327 e. The van der Waals surface area contributed by atoms with Crippen molar-refractivity contribution in [1.82, 2.24) is 14.6 Å². The van der Waals surface area contributed by atoms with Gasteiger partial charge in [0.1, 0.15) is 5.52 Å². The van der Waals surface area contributed by atoms with Gasteiger partial charge in [0.2, 0.25) is 0 Å². The molecule has 2 heterocycles. The van der Waals surface area contributed by atoms with Gasteiger partial charge in [-0.15, -0.1) is 5.10 Å². The fourth-order valence-electron chi connectivity index (χ4n) is 1.45. The highest BCUT2D eigenvalue weighted by Crippen LogP contribution is 2.19. The first-order valence-corrected chi connectivity index (χ1v) is 4.40. The lowest BCUT2D eigenvalue weighted by Crippen LogP contribution is -2.06. The third-order valence-corrected chi connectivity index (χ3v) is 2.13. The molecule has 0 atom stereocenters. The molecule has 0 saturated heterocycles. The summed E-state index contributed by atoms with van der Waals surface area (Å²) in [6.07, 6.45) is -0.798. The number of nitrogens with zero attached hydrogens (tertiary/aromatic N) is 3. The Kier molecular flexibility index (Phi) is 1.87. The minimum absolute atomic E-state index is 0.171. The molecule has 5 heteroatoms. The summed E-state index contributed by atoms with van der Waals surface area (Å²) in [7, 11) is 0. The number of hydrogen-bond acceptors (Lipinski definition) is 3. The van der Waals surface area contributed by atoms with Gasteiger partial charge in [-0.2, -0.15) is 9.37 Å². The van der Waals surface area contributed by atoms with Crippen molar-refractivity contribution in [2.24, 2.45) is 0 Å². The standard InChI is InChI=1S/C9H11FN4/c1-5(2)6-3-4-7-8(11)12-9(10)13-14(6)7/h3-5H,1-2H3,(H2,11,12,13). The molecule has 0 bridgehead atoms. The number of halogens is 1. The number of nitrogens with two attached hydrogens (primary N) is 1. The lowest BCUT2D eigenvalue weighted by atomic mass is 10.1. The van der Waals surface area contributed by atoms with Crippen molar-refractivity contribution in [3.8, 4) is 0 Å². The SMILES string of the molecule is CC(C)c1ccc2c(N)nc(F)nn12. The molecule has 0 aliphatic carbocycles. The van der Waals surface area contributed by atoms with Crippen molar-refractivity contribution >= 4 is 11.3 Å². The third-order valence-electron chi connectivity index (χ3n) is 2.13. The summed E-state index contributed by atoms with van der Waals surface area (Å²) in [6.45, 7) is 4.02. The Morgan fingerprint density at radius 1 is 1.43 bits per heavy atom. The summed E-state index contributed by atoms with van der Waals surface area (Å²) in [5.41, 5.74) is 7.13. The van der Waals surface area contributed by atoms with Crippen LogP contribution in [-0.4, -0.2) is 14.6 Å². The molecule has 0 aliphatic rings. The summed E-state index contributed by atoms with van der Waals surface area (Å²) < 4.78 is 14.4. The molecular weight excluding hydrogens is 183 g/mol. The number of rotatable bonds is 1. The zero-order valence-electron chi connectivity index (χ0n) is 8.03. The Balaban J connectivity index is 2.78. The van der Waals surface area contributed by atoms with Crippen LogP contribution in [0.2, 0.25) is 0 Å². The van der Waals surface area contributed by atoms with Crippen molar-refractivity contribution in [3.63, 3.8) is 0 Å². The zero-order chi connectivity index (χ0) is 10.3. The predicted octanol–water partition coefficient (Wildman–Crippen LogP) is 1.57. The maximum absolute atomic E-state index is 12.9. The molecular formula is C9H11FN4. The molecule has 2 N–H and O–H groups in total. The Morgan fingerprint density at radius 3 is 2.79 bits per heavy atom. The molecule has 0 radical (unpaired) electrons. The highest BCUT2D eigenvalue weighted by Gasteiger charge is 2.10. The molecule has 2 aromatic heterocycles. The number of anilines is 1. The monoisotopic (exact) mass is 194 g/mol. The fraction of sp³-hybridized carbons (Fsp3) is 0.333. The average molecular weight is 194 g/mol.